The van der Waals surface area contributed by atoms with Gasteiger partial charge in [-0.3, -0.25) is 0 Å². The van der Waals surface area contributed by atoms with Crippen molar-refractivity contribution < 1.29 is 9.47 Å². The molecular formula is C14H19NO2. The zero-order chi connectivity index (χ0) is 12.1. The first kappa shape index (κ1) is 12.1. The molecule has 0 bridgehead atoms. The van der Waals surface area contributed by atoms with Crippen molar-refractivity contribution in [3.05, 3.63) is 41.5 Å². The second kappa shape index (κ2) is 5.84. The maximum absolute atomic E-state index is 6.12. The van der Waals surface area contributed by atoms with Crippen molar-refractivity contribution in [2.45, 2.75) is 26.1 Å². The summed E-state index contributed by atoms with van der Waals surface area (Å²) in [6.07, 6.45) is 1.58. The zero-order valence-electron chi connectivity index (χ0n) is 10.2. The van der Waals surface area contributed by atoms with Crippen LogP contribution in [0.5, 0.6) is 0 Å². The highest BCUT2D eigenvalue weighted by Crippen LogP contribution is 2.20. The highest BCUT2D eigenvalue weighted by molar-refractivity contribution is 5.65. The van der Waals surface area contributed by atoms with E-state index in [2.05, 4.69) is 0 Å². The molecule has 92 valence electrons. The standard InChI is InChI=1S/C14H19NO2/c1-11(10-13-16-8-5-9-17-13)14(15)12-6-3-2-4-7-12/h2-4,6-7,13H,5,8-10,15H2,1H3/b14-11+. The Bertz CT molecular complexity index is 380. The summed E-state index contributed by atoms with van der Waals surface area (Å²) in [7, 11) is 0. The molecule has 1 heterocycles. The molecule has 1 aliphatic heterocycles. The van der Waals surface area contributed by atoms with E-state index in [4.69, 9.17) is 15.2 Å². The fourth-order valence-electron chi connectivity index (χ4n) is 1.88. The smallest absolute Gasteiger partial charge is 0.161 e. The number of hydrogen-bond donors (Lipinski definition) is 1. The Labute approximate surface area is 102 Å². The summed E-state index contributed by atoms with van der Waals surface area (Å²) < 4.78 is 11.0. The number of hydrogen-bond acceptors (Lipinski definition) is 3. The summed E-state index contributed by atoms with van der Waals surface area (Å²) >= 11 is 0. The number of benzene rings is 1. The van der Waals surface area contributed by atoms with Crippen LogP contribution in [0.1, 0.15) is 25.3 Å². The van der Waals surface area contributed by atoms with Gasteiger partial charge in [-0.25, -0.2) is 0 Å². The summed E-state index contributed by atoms with van der Waals surface area (Å²) in [6.45, 7) is 3.59. The molecule has 0 unspecified atom stereocenters. The quantitative estimate of drug-likeness (QED) is 0.872. The average Bonchev–Trinajstić information content (AvgIpc) is 2.40. The predicted molar refractivity (Wildman–Crippen MR) is 68.1 cm³/mol. The third kappa shape index (κ3) is 3.32. The molecule has 0 amide bonds. The van der Waals surface area contributed by atoms with Gasteiger partial charge < -0.3 is 15.2 Å². The molecule has 1 aromatic carbocycles. The van der Waals surface area contributed by atoms with Gasteiger partial charge in [0.2, 0.25) is 0 Å². The number of nitrogens with two attached hydrogens (primary N) is 1. The van der Waals surface area contributed by atoms with Crippen molar-refractivity contribution >= 4 is 5.70 Å². The first-order valence-corrected chi connectivity index (χ1v) is 6.01. The van der Waals surface area contributed by atoms with Gasteiger partial charge in [0.05, 0.1) is 13.2 Å². The van der Waals surface area contributed by atoms with E-state index in [-0.39, 0.29) is 6.29 Å². The van der Waals surface area contributed by atoms with E-state index in [1.807, 2.05) is 37.3 Å². The topological polar surface area (TPSA) is 44.5 Å². The Balaban J connectivity index is 2.04. The summed E-state index contributed by atoms with van der Waals surface area (Å²) in [4.78, 5) is 0. The first-order valence-electron chi connectivity index (χ1n) is 6.01. The molecule has 1 aliphatic rings. The normalized spacial score (nSPS) is 18.9. The minimum Gasteiger partial charge on any atom is -0.398 e. The van der Waals surface area contributed by atoms with Crippen LogP contribution in [-0.4, -0.2) is 19.5 Å². The van der Waals surface area contributed by atoms with Crippen LogP contribution in [0.2, 0.25) is 0 Å². The molecule has 0 radical (unpaired) electrons. The van der Waals surface area contributed by atoms with Crippen LogP contribution in [0.25, 0.3) is 5.70 Å². The average molecular weight is 233 g/mol. The minimum absolute atomic E-state index is 0.133. The molecule has 0 saturated carbocycles. The molecule has 0 aromatic heterocycles. The van der Waals surface area contributed by atoms with Crippen LogP contribution in [0.3, 0.4) is 0 Å². The summed E-state index contributed by atoms with van der Waals surface area (Å²) in [5.41, 5.74) is 9.12. The fourth-order valence-corrected chi connectivity index (χ4v) is 1.88. The molecule has 1 fully saturated rings. The van der Waals surface area contributed by atoms with Crippen LogP contribution in [0.4, 0.5) is 0 Å². The van der Waals surface area contributed by atoms with Gasteiger partial charge in [0.15, 0.2) is 6.29 Å². The lowest BCUT2D eigenvalue weighted by Crippen LogP contribution is -2.25. The van der Waals surface area contributed by atoms with E-state index >= 15 is 0 Å². The van der Waals surface area contributed by atoms with Gasteiger partial charge in [-0.15, -0.1) is 0 Å². The highest BCUT2D eigenvalue weighted by Gasteiger charge is 2.15. The molecule has 3 nitrogen and oxygen atoms in total. The summed E-state index contributed by atoms with van der Waals surface area (Å²) in [6, 6.07) is 9.99. The third-order valence-electron chi connectivity index (χ3n) is 2.91. The number of ether oxygens (including phenoxy) is 2. The Morgan fingerprint density at radius 3 is 2.53 bits per heavy atom. The van der Waals surface area contributed by atoms with Gasteiger partial charge in [0.25, 0.3) is 0 Å². The van der Waals surface area contributed by atoms with Gasteiger partial charge in [-0.2, -0.15) is 0 Å². The van der Waals surface area contributed by atoms with Gasteiger partial charge in [-0.05, 0) is 24.5 Å². The Morgan fingerprint density at radius 1 is 1.24 bits per heavy atom. The fraction of sp³-hybridized carbons (Fsp3) is 0.429. The Hall–Kier alpha value is -1.32. The molecular weight excluding hydrogens is 214 g/mol. The van der Waals surface area contributed by atoms with Crippen molar-refractivity contribution in [1.29, 1.82) is 0 Å². The van der Waals surface area contributed by atoms with Crippen molar-refractivity contribution in [3.8, 4) is 0 Å². The molecule has 2 rings (SSSR count). The monoisotopic (exact) mass is 233 g/mol. The Morgan fingerprint density at radius 2 is 1.88 bits per heavy atom. The largest absolute Gasteiger partial charge is 0.398 e. The van der Waals surface area contributed by atoms with Crippen molar-refractivity contribution in [2.75, 3.05) is 13.2 Å². The van der Waals surface area contributed by atoms with E-state index < -0.39 is 0 Å². The summed E-state index contributed by atoms with van der Waals surface area (Å²) in [5.74, 6) is 0. The SMILES string of the molecule is C/C(CC1OCCCO1)=C(\N)c1ccccc1. The maximum Gasteiger partial charge on any atom is 0.161 e. The van der Waals surface area contributed by atoms with Gasteiger partial charge in [0.1, 0.15) is 0 Å². The molecule has 2 N–H and O–H groups in total. The molecule has 17 heavy (non-hydrogen) atoms. The maximum atomic E-state index is 6.12. The molecule has 3 heteroatoms. The second-order valence-corrected chi connectivity index (χ2v) is 4.29. The van der Waals surface area contributed by atoms with Crippen molar-refractivity contribution in [2.24, 2.45) is 5.73 Å². The van der Waals surface area contributed by atoms with Crippen LogP contribution in [0, 0.1) is 0 Å². The lowest BCUT2D eigenvalue weighted by Gasteiger charge is -2.24. The lowest BCUT2D eigenvalue weighted by atomic mass is 10.1. The molecule has 1 saturated heterocycles. The van der Waals surface area contributed by atoms with Gasteiger partial charge >= 0.3 is 0 Å². The molecule has 1 aromatic rings. The Kier molecular flexibility index (Phi) is 4.18. The van der Waals surface area contributed by atoms with Crippen LogP contribution in [0.15, 0.2) is 35.9 Å². The third-order valence-corrected chi connectivity index (χ3v) is 2.91. The lowest BCUT2D eigenvalue weighted by molar-refractivity contribution is -0.176. The molecule has 0 aliphatic carbocycles. The molecule has 0 spiro atoms. The van der Waals surface area contributed by atoms with Crippen molar-refractivity contribution in [3.63, 3.8) is 0 Å². The zero-order valence-corrected chi connectivity index (χ0v) is 10.2. The first-order chi connectivity index (χ1) is 8.27. The number of rotatable bonds is 3. The summed E-state index contributed by atoms with van der Waals surface area (Å²) in [5, 5.41) is 0. The van der Waals surface area contributed by atoms with Crippen LogP contribution >= 0.6 is 0 Å². The van der Waals surface area contributed by atoms with Crippen molar-refractivity contribution in [1.82, 2.24) is 0 Å². The highest BCUT2D eigenvalue weighted by atomic mass is 16.7. The van der Waals surface area contributed by atoms with E-state index in [1.54, 1.807) is 0 Å². The predicted octanol–water partition coefficient (Wildman–Crippen LogP) is 2.53. The van der Waals surface area contributed by atoms with Crippen LogP contribution in [-0.2, 0) is 9.47 Å². The van der Waals surface area contributed by atoms with Gasteiger partial charge in [-0.1, -0.05) is 30.3 Å². The minimum atomic E-state index is -0.133. The van der Waals surface area contributed by atoms with E-state index in [0.717, 1.165) is 42.9 Å². The van der Waals surface area contributed by atoms with E-state index in [1.165, 1.54) is 0 Å². The second-order valence-electron chi connectivity index (χ2n) is 4.29. The molecule has 0 atom stereocenters. The van der Waals surface area contributed by atoms with E-state index in [0.29, 0.717) is 0 Å². The van der Waals surface area contributed by atoms with E-state index in [9.17, 15) is 0 Å². The van der Waals surface area contributed by atoms with Crippen LogP contribution < -0.4 is 5.73 Å². The van der Waals surface area contributed by atoms with Gasteiger partial charge in [0, 0.05) is 12.1 Å².